The van der Waals surface area contributed by atoms with Gasteiger partial charge in [0.15, 0.2) is 0 Å². The van der Waals surface area contributed by atoms with Gasteiger partial charge in [0.05, 0.1) is 11.1 Å². The molecule has 0 aliphatic heterocycles. The molecule has 1 atom stereocenters. The maximum Gasteiger partial charge on any atom is 0.141 e. The van der Waals surface area contributed by atoms with Crippen LogP contribution < -0.4 is 5.32 Å². The van der Waals surface area contributed by atoms with E-state index >= 15 is 0 Å². The third-order valence-corrected chi connectivity index (χ3v) is 3.73. The van der Waals surface area contributed by atoms with Crippen LogP contribution in [0.4, 0.5) is 10.1 Å². The summed E-state index contributed by atoms with van der Waals surface area (Å²) in [6.45, 7) is 8.81. The molecule has 1 rings (SSSR count). The molecule has 0 saturated heterocycles. The number of hydrogen-bond donors (Lipinski definition) is 1. The van der Waals surface area contributed by atoms with Crippen LogP contribution in [0.2, 0.25) is 5.02 Å². The summed E-state index contributed by atoms with van der Waals surface area (Å²) < 4.78 is 13.3. The fraction of sp³-hybridized carbons (Fsp3) is 0.529. The topological polar surface area (TPSA) is 40.0 Å². The average Bonchev–Trinajstić information content (AvgIpc) is 2.51. The van der Waals surface area contributed by atoms with Gasteiger partial charge in [-0.2, -0.15) is 5.11 Å². The SMILES string of the molecule is C/C=C(\C)C(CCN(C)N=NC(C)C)Nc1ccc(F)c(Cl)c1. The van der Waals surface area contributed by atoms with E-state index in [0.29, 0.717) is 0 Å². The molecule has 6 heteroatoms. The lowest BCUT2D eigenvalue weighted by molar-refractivity contribution is 0.312. The van der Waals surface area contributed by atoms with Gasteiger partial charge < -0.3 is 5.32 Å². The second kappa shape index (κ2) is 9.50. The Morgan fingerprint density at radius 1 is 1.43 bits per heavy atom. The van der Waals surface area contributed by atoms with Crippen molar-refractivity contribution < 1.29 is 4.39 Å². The lowest BCUT2D eigenvalue weighted by atomic mass is 10.0. The number of hydrogen-bond acceptors (Lipinski definition) is 3. The molecular formula is C17H26ClFN4. The third-order valence-electron chi connectivity index (χ3n) is 3.44. The first-order valence-electron chi connectivity index (χ1n) is 7.79. The smallest absolute Gasteiger partial charge is 0.141 e. The van der Waals surface area contributed by atoms with Gasteiger partial charge in [0.25, 0.3) is 0 Å². The van der Waals surface area contributed by atoms with Crippen LogP contribution in [0.3, 0.4) is 0 Å². The van der Waals surface area contributed by atoms with Crippen molar-refractivity contribution in [1.82, 2.24) is 5.01 Å². The minimum absolute atomic E-state index is 0.120. The van der Waals surface area contributed by atoms with Crippen molar-refractivity contribution in [1.29, 1.82) is 0 Å². The Kier molecular flexibility index (Phi) is 8.03. The van der Waals surface area contributed by atoms with Crippen LogP contribution in [-0.2, 0) is 0 Å². The molecule has 0 saturated carbocycles. The van der Waals surface area contributed by atoms with Crippen molar-refractivity contribution in [3.05, 3.63) is 40.7 Å². The Morgan fingerprint density at radius 2 is 2.13 bits per heavy atom. The van der Waals surface area contributed by atoms with E-state index in [4.69, 9.17) is 11.6 Å². The quantitative estimate of drug-likeness (QED) is 0.395. The lowest BCUT2D eigenvalue weighted by Crippen LogP contribution is -2.26. The van der Waals surface area contributed by atoms with Gasteiger partial charge >= 0.3 is 0 Å². The Morgan fingerprint density at radius 3 is 2.70 bits per heavy atom. The Hall–Kier alpha value is -1.62. The maximum atomic E-state index is 13.3. The summed E-state index contributed by atoms with van der Waals surface area (Å²) in [6.07, 6.45) is 2.91. The Labute approximate surface area is 143 Å². The van der Waals surface area contributed by atoms with Crippen LogP contribution in [0.15, 0.2) is 40.2 Å². The normalized spacial score (nSPS) is 13.7. The average molecular weight is 341 g/mol. The molecule has 1 N–H and O–H groups in total. The molecule has 0 radical (unpaired) electrons. The number of allylic oxidation sites excluding steroid dienone is 1. The zero-order valence-electron chi connectivity index (χ0n) is 14.5. The Bertz CT molecular complexity index is 558. The number of rotatable bonds is 8. The van der Waals surface area contributed by atoms with Crippen LogP contribution in [0.25, 0.3) is 0 Å². The predicted molar refractivity (Wildman–Crippen MR) is 95.5 cm³/mol. The molecule has 0 aliphatic rings. The van der Waals surface area contributed by atoms with E-state index in [1.807, 2.05) is 32.8 Å². The summed E-state index contributed by atoms with van der Waals surface area (Å²) in [5.41, 5.74) is 2.01. The zero-order valence-corrected chi connectivity index (χ0v) is 15.2. The van der Waals surface area contributed by atoms with E-state index in [2.05, 4.69) is 28.7 Å². The van der Waals surface area contributed by atoms with Crippen LogP contribution >= 0.6 is 11.6 Å². The van der Waals surface area contributed by atoms with E-state index in [1.54, 1.807) is 12.1 Å². The highest BCUT2D eigenvalue weighted by atomic mass is 35.5. The minimum atomic E-state index is -0.412. The van der Waals surface area contributed by atoms with Crippen molar-refractivity contribution in [3.8, 4) is 0 Å². The third kappa shape index (κ3) is 6.99. The van der Waals surface area contributed by atoms with Crippen LogP contribution in [0.1, 0.15) is 34.1 Å². The van der Waals surface area contributed by atoms with E-state index in [0.717, 1.165) is 18.7 Å². The largest absolute Gasteiger partial charge is 0.378 e. The molecule has 0 fully saturated rings. The van der Waals surface area contributed by atoms with Crippen molar-refractivity contribution in [2.24, 2.45) is 10.3 Å². The molecule has 0 amide bonds. The molecule has 0 bridgehead atoms. The molecule has 1 unspecified atom stereocenters. The first-order valence-corrected chi connectivity index (χ1v) is 8.17. The molecule has 0 spiro atoms. The van der Waals surface area contributed by atoms with Gasteiger partial charge in [-0.1, -0.05) is 28.5 Å². The molecular weight excluding hydrogens is 315 g/mol. The van der Waals surface area contributed by atoms with E-state index in [1.165, 1.54) is 11.6 Å². The van der Waals surface area contributed by atoms with Crippen molar-refractivity contribution >= 4 is 17.3 Å². The fourth-order valence-electron chi connectivity index (χ4n) is 1.95. The summed E-state index contributed by atoms with van der Waals surface area (Å²) in [7, 11) is 1.91. The number of halogens is 2. The van der Waals surface area contributed by atoms with Gasteiger partial charge in [-0.05, 0) is 52.3 Å². The van der Waals surface area contributed by atoms with Gasteiger partial charge in [0.2, 0.25) is 0 Å². The number of nitrogens with zero attached hydrogens (tertiary/aromatic N) is 3. The maximum absolute atomic E-state index is 13.3. The molecule has 0 heterocycles. The van der Waals surface area contributed by atoms with Gasteiger partial charge in [-0.3, -0.25) is 5.01 Å². The standard InChI is InChI=1S/C17H26ClFN4/c1-6-13(4)17(9-10-23(5)22-21-12(2)3)20-14-7-8-16(19)15(18)11-14/h6-8,11-12,17,20H,9-10H2,1-5H3/b13-6+,22-21?. The van der Waals surface area contributed by atoms with E-state index < -0.39 is 5.82 Å². The lowest BCUT2D eigenvalue weighted by Gasteiger charge is -2.23. The number of nitrogens with one attached hydrogen (secondary N) is 1. The second-order valence-corrected chi connectivity index (χ2v) is 6.23. The fourth-order valence-corrected chi connectivity index (χ4v) is 2.13. The molecule has 0 aliphatic carbocycles. The van der Waals surface area contributed by atoms with E-state index in [-0.39, 0.29) is 17.1 Å². The van der Waals surface area contributed by atoms with Crippen LogP contribution in [-0.4, -0.2) is 30.7 Å². The molecule has 1 aromatic carbocycles. The zero-order chi connectivity index (χ0) is 17.4. The van der Waals surface area contributed by atoms with Crippen LogP contribution in [0, 0.1) is 5.82 Å². The van der Waals surface area contributed by atoms with Crippen LogP contribution in [0.5, 0.6) is 0 Å². The van der Waals surface area contributed by atoms with Gasteiger partial charge in [0, 0.05) is 25.3 Å². The highest BCUT2D eigenvalue weighted by molar-refractivity contribution is 6.31. The van der Waals surface area contributed by atoms with Gasteiger partial charge in [-0.25, -0.2) is 4.39 Å². The number of anilines is 1. The first-order chi connectivity index (χ1) is 10.8. The summed E-state index contributed by atoms with van der Waals surface area (Å²) in [6, 6.07) is 4.98. The van der Waals surface area contributed by atoms with Gasteiger partial charge in [-0.15, -0.1) is 0 Å². The molecule has 23 heavy (non-hydrogen) atoms. The molecule has 128 valence electrons. The van der Waals surface area contributed by atoms with Crippen molar-refractivity contribution in [3.63, 3.8) is 0 Å². The van der Waals surface area contributed by atoms with Gasteiger partial charge in [0.1, 0.15) is 5.82 Å². The summed E-state index contributed by atoms with van der Waals surface area (Å²) in [4.78, 5) is 0. The summed E-state index contributed by atoms with van der Waals surface area (Å²) >= 11 is 5.84. The highest BCUT2D eigenvalue weighted by Gasteiger charge is 2.12. The summed E-state index contributed by atoms with van der Waals surface area (Å²) in [5, 5.41) is 13.6. The van der Waals surface area contributed by atoms with Crippen molar-refractivity contribution in [2.45, 2.75) is 46.2 Å². The first kappa shape index (κ1) is 19.4. The summed E-state index contributed by atoms with van der Waals surface area (Å²) in [5.74, 6) is -0.412. The second-order valence-electron chi connectivity index (χ2n) is 5.83. The molecule has 4 nitrogen and oxygen atoms in total. The highest BCUT2D eigenvalue weighted by Crippen LogP contribution is 2.22. The molecule has 0 aromatic heterocycles. The monoisotopic (exact) mass is 340 g/mol. The number of benzene rings is 1. The Balaban J connectivity index is 2.71. The van der Waals surface area contributed by atoms with Crippen molar-refractivity contribution in [2.75, 3.05) is 18.9 Å². The molecule has 1 aromatic rings. The minimum Gasteiger partial charge on any atom is -0.378 e. The predicted octanol–water partition coefficient (Wildman–Crippen LogP) is 5.32. The van der Waals surface area contributed by atoms with E-state index in [9.17, 15) is 4.39 Å².